The van der Waals surface area contributed by atoms with Gasteiger partial charge in [-0.3, -0.25) is 6.08 Å². The van der Waals surface area contributed by atoms with E-state index in [1.807, 2.05) is 0 Å². The summed E-state index contributed by atoms with van der Waals surface area (Å²) in [4.78, 5) is 0. The molecule has 3 aromatic carbocycles. The largest absolute Gasteiger partial charge is 1.00 e. The first-order valence-electron chi connectivity index (χ1n) is 9.43. The van der Waals surface area contributed by atoms with Gasteiger partial charge in [0.15, 0.2) is 0 Å². The van der Waals surface area contributed by atoms with Gasteiger partial charge in [0, 0.05) is 0 Å². The van der Waals surface area contributed by atoms with Gasteiger partial charge in [-0.15, -0.1) is 0 Å². The Morgan fingerprint density at radius 3 is 1.33 bits per heavy atom. The molecule has 0 saturated heterocycles. The molecule has 0 aliphatic rings. The quantitative estimate of drug-likeness (QED) is 0.151. The minimum Gasteiger partial charge on any atom is -0.518 e. The van der Waals surface area contributed by atoms with Crippen LogP contribution in [-0.2, 0) is 22.4 Å². The summed E-state index contributed by atoms with van der Waals surface area (Å²) < 4.78 is 0. The van der Waals surface area contributed by atoms with E-state index in [2.05, 4.69) is 97.9 Å². The Kier molecular flexibility index (Phi) is 12.8. The van der Waals surface area contributed by atoms with E-state index in [1.54, 1.807) is 6.08 Å². The van der Waals surface area contributed by atoms with Crippen LogP contribution >= 0.6 is 7.92 Å². The Labute approximate surface area is 182 Å². The third-order valence-corrected chi connectivity index (χ3v) is 6.89. The molecule has 0 nitrogen and oxygen atoms in total. The van der Waals surface area contributed by atoms with Gasteiger partial charge in [0.2, 0.25) is 0 Å². The summed E-state index contributed by atoms with van der Waals surface area (Å²) in [5, 5.41) is 4.31. The van der Waals surface area contributed by atoms with Gasteiger partial charge >= 0.3 is 22.4 Å². The topological polar surface area (TPSA) is 0 Å². The molecule has 2 heteroatoms. The summed E-state index contributed by atoms with van der Waals surface area (Å²) in [6, 6.07) is 32.5. The maximum absolute atomic E-state index is 5.14. The zero-order valence-electron chi connectivity index (χ0n) is 15.9. The fraction of sp³-hybridized carbons (Fsp3) is 0.200. The number of rotatable bonds is 7. The van der Waals surface area contributed by atoms with Gasteiger partial charge in [-0.1, -0.05) is 87.2 Å². The van der Waals surface area contributed by atoms with Crippen molar-refractivity contribution in [3.05, 3.63) is 104 Å². The molecule has 0 heterocycles. The molecule has 0 radical (unpaired) electrons. The number of benzene rings is 3. The van der Waals surface area contributed by atoms with Crippen molar-refractivity contribution in [2.24, 2.45) is 0 Å². The normalized spacial score (nSPS) is 9.70. The smallest absolute Gasteiger partial charge is 0.518 e. The van der Waals surface area contributed by atoms with Crippen molar-refractivity contribution >= 4 is 23.8 Å². The Morgan fingerprint density at radius 1 is 0.667 bits per heavy atom. The van der Waals surface area contributed by atoms with Crippen LogP contribution in [0.4, 0.5) is 0 Å². The Morgan fingerprint density at radius 2 is 1.04 bits per heavy atom. The first-order valence-corrected chi connectivity index (χ1v) is 10.9. The van der Waals surface area contributed by atoms with Crippen molar-refractivity contribution in [2.45, 2.75) is 32.6 Å². The number of unbranched alkanes of at least 4 members (excludes halogenated alkanes) is 3. The molecule has 144 valence electrons. The van der Waals surface area contributed by atoms with Crippen LogP contribution in [0.25, 0.3) is 0 Å². The molecule has 0 unspecified atom stereocenters. The zero-order chi connectivity index (χ0) is 18.5. The van der Waals surface area contributed by atoms with E-state index in [0.717, 1.165) is 6.42 Å². The molecule has 0 amide bonds. The van der Waals surface area contributed by atoms with E-state index >= 15 is 0 Å². The van der Waals surface area contributed by atoms with Crippen LogP contribution in [0.5, 0.6) is 0 Å². The summed E-state index contributed by atoms with van der Waals surface area (Å²) >= 11 is 0. The Balaban J connectivity index is 0.000000395. The minimum absolute atomic E-state index is 0. The van der Waals surface area contributed by atoms with Crippen LogP contribution in [0.1, 0.15) is 32.6 Å². The van der Waals surface area contributed by atoms with Gasteiger partial charge in [0.25, 0.3) is 0 Å². The van der Waals surface area contributed by atoms with Crippen molar-refractivity contribution in [2.75, 3.05) is 0 Å². The number of hydrogen-bond acceptors (Lipinski definition) is 0. The summed E-state index contributed by atoms with van der Waals surface area (Å²) in [5.74, 6) is 0. The third kappa shape index (κ3) is 8.41. The molecule has 0 bridgehead atoms. The molecule has 0 atom stereocenters. The van der Waals surface area contributed by atoms with Gasteiger partial charge in [0.1, 0.15) is 15.9 Å². The zero-order valence-corrected chi connectivity index (χ0v) is 19.1. The molecule has 0 aliphatic heterocycles. The third-order valence-electron chi connectivity index (χ3n) is 4.16. The van der Waals surface area contributed by atoms with Gasteiger partial charge in [0.05, 0.1) is 7.92 Å². The molecular weight excluding hydrogens is 528 g/mol. The second-order valence-corrected chi connectivity index (χ2v) is 8.69. The van der Waals surface area contributed by atoms with Crippen LogP contribution in [0.3, 0.4) is 0 Å². The van der Waals surface area contributed by atoms with Crippen LogP contribution in [0.15, 0.2) is 97.1 Å². The first kappa shape index (κ1) is 23.6. The summed E-state index contributed by atoms with van der Waals surface area (Å²) in [6.07, 6.45) is 6.66. The number of allylic oxidation sites excluding steroid dienone is 1. The molecule has 0 saturated carbocycles. The fourth-order valence-electron chi connectivity index (χ4n) is 2.83. The predicted molar refractivity (Wildman–Crippen MR) is 120 cm³/mol. The van der Waals surface area contributed by atoms with Crippen LogP contribution in [0.2, 0.25) is 0 Å². The van der Waals surface area contributed by atoms with Crippen molar-refractivity contribution in [1.29, 1.82) is 0 Å². The molecule has 0 aromatic heterocycles. The molecule has 0 fully saturated rings. The molecule has 0 aliphatic carbocycles. The van der Waals surface area contributed by atoms with Gasteiger partial charge < -0.3 is 6.58 Å². The SMILES string of the molecule is [Au+].[CH-]=CCCCCC.c1ccc([PH+](c2ccccc2)c2ccccc2)cc1. The van der Waals surface area contributed by atoms with E-state index in [1.165, 1.54) is 35.2 Å². The molecule has 0 spiro atoms. The van der Waals surface area contributed by atoms with E-state index in [-0.39, 0.29) is 22.4 Å². The van der Waals surface area contributed by atoms with Crippen molar-refractivity contribution < 1.29 is 22.4 Å². The standard InChI is InChI=1S/C18H15P.C7H13.Au/c1-4-10-16(11-5-1)19(17-12-6-2-7-13-17)18-14-8-3-9-15-18;1-3-5-7-6-4-2;/h1-15H;1,3H,4-7H2,2H3;/q;-1;+1/p+1. The van der Waals surface area contributed by atoms with E-state index in [0.29, 0.717) is 0 Å². The Hall–Kier alpha value is -1.43. The molecular formula is C25H29AuP+. The minimum atomic E-state index is -0.877. The van der Waals surface area contributed by atoms with Crippen molar-refractivity contribution in [3.8, 4) is 0 Å². The molecule has 3 rings (SSSR count). The average Bonchev–Trinajstić information content (AvgIpc) is 2.72. The Bertz CT molecular complexity index is 632. The van der Waals surface area contributed by atoms with E-state index < -0.39 is 7.92 Å². The van der Waals surface area contributed by atoms with Gasteiger partial charge in [-0.05, 0) is 36.4 Å². The van der Waals surface area contributed by atoms with Crippen LogP contribution in [0, 0.1) is 6.58 Å². The summed E-state index contributed by atoms with van der Waals surface area (Å²) in [5.41, 5.74) is 0. The monoisotopic (exact) mass is 557 g/mol. The van der Waals surface area contributed by atoms with E-state index in [4.69, 9.17) is 6.58 Å². The molecule has 3 aromatic rings. The van der Waals surface area contributed by atoms with Crippen molar-refractivity contribution in [1.82, 2.24) is 0 Å². The van der Waals surface area contributed by atoms with Crippen LogP contribution < -0.4 is 15.9 Å². The van der Waals surface area contributed by atoms with E-state index in [9.17, 15) is 0 Å². The first-order chi connectivity index (χ1) is 12.9. The maximum atomic E-state index is 5.14. The van der Waals surface area contributed by atoms with Gasteiger partial charge in [-0.25, -0.2) is 0 Å². The summed E-state index contributed by atoms with van der Waals surface area (Å²) in [6.45, 7) is 7.34. The summed E-state index contributed by atoms with van der Waals surface area (Å²) in [7, 11) is -0.877. The van der Waals surface area contributed by atoms with Crippen molar-refractivity contribution in [3.63, 3.8) is 0 Å². The molecule has 0 N–H and O–H groups in total. The average molecular weight is 557 g/mol. The second kappa shape index (κ2) is 14.6. The maximum Gasteiger partial charge on any atom is 1.00 e. The molecule has 27 heavy (non-hydrogen) atoms. The predicted octanol–water partition coefficient (Wildman–Crippen LogP) is 5.73. The van der Waals surface area contributed by atoms with Gasteiger partial charge in [-0.2, -0.15) is 0 Å². The fourth-order valence-corrected chi connectivity index (χ4v) is 5.40. The van der Waals surface area contributed by atoms with Crippen LogP contribution in [-0.4, -0.2) is 0 Å². The second-order valence-electron chi connectivity index (χ2n) is 6.20. The number of hydrogen-bond donors (Lipinski definition) is 0.